The molecule has 1 aliphatic rings. The highest BCUT2D eigenvalue weighted by Crippen LogP contribution is 2.21. The molecule has 1 N–H and O–H groups in total. The molecule has 0 aliphatic carbocycles. The van der Waals surface area contributed by atoms with Crippen LogP contribution in [-0.2, 0) is 6.54 Å². The van der Waals surface area contributed by atoms with Gasteiger partial charge in [-0.15, -0.1) is 11.3 Å². The summed E-state index contributed by atoms with van der Waals surface area (Å²) >= 11 is 1.76. The molecular weight excluding hydrogens is 242 g/mol. The van der Waals surface area contributed by atoms with Gasteiger partial charge < -0.3 is 5.32 Å². The van der Waals surface area contributed by atoms with E-state index < -0.39 is 0 Å². The van der Waals surface area contributed by atoms with E-state index in [1.165, 1.54) is 36.5 Å². The van der Waals surface area contributed by atoms with Gasteiger partial charge in [-0.2, -0.15) is 0 Å². The van der Waals surface area contributed by atoms with Crippen molar-refractivity contribution >= 4 is 11.3 Å². The third kappa shape index (κ3) is 3.31. The molecule has 0 bridgehead atoms. The van der Waals surface area contributed by atoms with Gasteiger partial charge in [-0.1, -0.05) is 13.8 Å². The fourth-order valence-electron chi connectivity index (χ4n) is 2.79. The molecule has 3 nitrogen and oxygen atoms in total. The summed E-state index contributed by atoms with van der Waals surface area (Å²) in [6, 6.07) is 0. The molecule has 1 aliphatic heterocycles. The van der Waals surface area contributed by atoms with Gasteiger partial charge in [0.25, 0.3) is 0 Å². The molecule has 18 heavy (non-hydrogen) atoms. The maximum Gasteiger partial charge on any atom is 0.0897 e. The highest BCUT2D eigenvalue weighted by molar-refractivity contribution is 7.09. The number of nitrogens with zero attached hydrogens (tertiary/aromatic N) is 2. The maximum atomic E-state index is 4.59. The van der Waals surface area contributed by atoms with Gasteiger partial charge in [0.05, 0.1) is 10.7 Å². The zero-order valence-electron chi connectivity index (χ0n) is 11.8. The number of nitrogens with one attached hydrogen (secondary N) is 1. The second-order valence-corrected chi connectivity index (χ2v) is 6.40. The first-order chi connectivity index (χ1) is 8.67. The van der Waals surface area contributed by atoms with Gasteiger partial charge in [-0.25, -0.2) is 4.98 Å². The minimum atomic E-state index is 0.307. The molecule has 1 fully saturated rings. The summed E-state index contributed by atoms with van der Waals surface area (Å²) in [6.07, 6.45) is 3.65. The van der Waals surface area contributed by atoms with E-state index >= 15 is 0 Å². The van der Waals surface area contributed by atoms with Crippen molar-refractivity contribution in [1.29, 1.82) is 0 Å². The van der Waals surface area contributed by atoms with Crippen molar-refractivity contribution in [3.63, 3.8) is 0 Å². The van der Waals surface area contributed by atoms with Crippen molar-refractivity contribution in [2.45, 2.75) is 52.1 Å². The summed E-state index contributed by atoms with van der Waals surface area (Å²) in [6.45, 7) is 11.2. The van der Waals surface area contributed by atoms with Crippen LogP contribution in [0.15, 0.2) is 5.38 Å². The highest BCUT2D eigenvalue weighted by Gasteiger charge is 2.30. The van der Waals surface area contributed by atoms with Gasteiger partial charge in [0.1, 0.15) is 0 Å². The van der Waals surface area contributed by atoms with Gasteiger partial charge in [0.2, 0.25) is 0 Å². The normalized spacial score (nSPS) is 20.8. The molecule has 0 spiro atoms. The fraction of sp³-hybridized carbons (Fsp3) is 0.786. The van der Waals surface area contributed by atoms with Gasteiger partial charge in [-0.3, -0.25) is 4.90 Å². The van der Waals surface area contributed by atoms with E-state index in [0.717, 1.165) is 19.6 Å². The first-order valence-electron chi connectivity index (χ1n) is 7.06. The molecule has 0 unspecified atom stereocenters. The van der Waals surface area contributed by atoms with Crippen LogP contribution in [0, 0.1) is 6.92 Å². The molecule has 4 heteroatoms. The standard InChI is InChI=1S/C14H25N3S/c1-4-14(5-2)11-17(8-6-7-15-14)9-13-10-18-12(3)16-13/h10,15H,4-9,11H2,1-3H3. The lowest BCUT2D eigenvalue weighted by Crippen LogP contribution is -2.50. The Balaban J connectivity index is 2.03. The average molecular weight is 267 g/mol. The third-order valence-corrected chi connectivity index (χ3v) is 4.91. The lowest BCUT2D eigenvalue weighted by atomic mass is 9.92. The summed E-state index contributed by atoms with van der Waals surface area (Å²) in [4.78, 5) is 7.16. The first-order valence-corrected chi connectivity index (χ1v) is 7.94. The molecule has 102 valence electrons. The second-order valence-electron chi connectivity index (χ2n) is 5.34. The number of aryl methyl sites for hydroxylation is 1. The van der Waals surface area contributed by atoms with Gasteiger partial charge in [0, 0.05) is 24.0 Å². The molecule has 1 aromatic rings. The van der Waals surface area contributed by atoms with Gasteiger partial charge in [-0.05, 0) is 39.3 Å². The number of hydrogen-bond acceptors (Lipinski definition) is 4. The third-order valence-electron chi connectivity index (χ3n) is 4.08. The van der Waals surface area contributed by atoms with Crippen LogP contribution in [0.1, 0.15) is 43.8 Å². The van der Waals surface area contributed by atoms with Crippen LogP contribution in [0.3, 0.4) is 0 Å². The quantitative estimate of drug-likeness (QED) is 0.909. The van der Waals surface area contributed by atoms with E-state index in [1.807, 2.05) is 0 Å². The van der Waals surface area contributed by atoms with Crippen molar-refractivity contribution in [3.05, 3.63) is 16.1 Å². The van der Waals surface area contributed by atoms with E-state index in [1.54, 1.807) is 11.3 Å². The smallest absolute Gasteiger partial charge is 0.0897 e. The SMILES string of the molecule is CCC1(CC)CN(Cc2csc(C)n2)CCCN1. The molecule has 0 atom stereocenters. The lowest BCUT2D eigenvalue weighted by molar-refractivity contribution is 0.190. The largest absolute Gasteiger partial charge is 0.310 e. The van der Waals surface area contributed by atoms with Crippen molar-refractivity contribution in [3.8, 4) is 0 Å². The predicted octanol–water partition coefficient (Wildman–Crippen LogP) is 2.81. The molecule has 2 heterocycles. The summed E-state index contributed by atoms with van der Waals surface area (Å²) in [7, 11) is 0. The average Bonchev–Trinajstić information content (AvgIpc) is 2.66. The Bertz CT molecular complexity index is 371. The lowest BCUT2D eigenvalue weighted by Gasteiger charge is -2.35. The fourth-order valence-corrected chi connectivity index (χ4v) is 3.39. The van der Waals surface area contributed by atoms with Gasteiger partial charge in [0.15, 0.2) is 0 Å². The molecule has 1 saturated heterocycles. The minimum absolute atomic E-state index is 0.307. The first kappa shape index (κ1) is 14.0. The number of hydrogen-bond donors (Lipinski definition) is 1. The second kappa shape index (κ2) is 6.13. The molecule has 0 saturated carbocycles. The van der Waals surface area contributed by atoms with Crippen molar-refractivity contribution in [2.75, 3.05) is 19.6 Å². The van der Waals surface area contributed by atoms with E-state index in [0.29, 0.717) is 5.54 Å². The van der Waals surface area contributed by atoms with Crippen molar-refractivity contribution in [2.24, 2.45) is 0 Å². The molecule has 0 aromatic carbocycles. The van der Waals surface area contributed by atoms with Crippen LogP contribution < -0.4 is 5.32 Å². The Morgan fingerprint density at radius 3 is 2.83 bits per heavy atom. The van der Waals surface area contributed by atoms with Crippen molar-refractivity contribution in [1.82, 2.24) is 15.2 Å². The van der Waals surface area contributed by atoms with E-state index in [4.69, 9.17) is 0 Å². The topological polar surface area (TPSA) is 28.2 Å². The molecular formula is C14H25N3S. The molecule has 1 aromatic heterocycles. The number of thiazole rings is 1. The van der Waals surface area contributed by atoms with Crippen LogP contribution in [-0.4, -0.2) is 35.1 Å². The Labute approximate surface area is 115 Å². The van der Waals surface area contributed by atoms with Crippen LogP contribution in [0.2, 0.25) is 0 Å². The monoisotopic (exact) mass is 267 g/mol. The molecule has 0 radical (unpaired) electrons. The van der Waals surface area contributed by atoms with E-state index in [2.05, 4.69) is 41.4 Å². The highest BCUT2D eigenvalue weighted by atomic mass is 32.1. The van der Waals surface area contributed by atoms with Crippen LogP contribution in [0.4, 0.5) is 0 Å². The Hall–Kier alpha value is -0.450. The van der Waals surface area contributed by atoms with E-state index in [-0.39, 0.29) is 0 Å². The summed E-state index contributed by atoms with van der Waals surface area (Å²) in [5, 5.41) is 7.13. The van der Waals surface area contributed by atoms with E-state index in [9.17, 15) is 0 Å². The molecule has 2 rings (SSSR count). The zero-order chi connectivity index (χ0) is 13.0. The Morgan fingerprint density at radius 2 is 2.22 bits per heavy atom. The maximum absolute atomic E-state index is 4.59. The Morgan fingerprint density at radius 1 is 1.44 bits per heavy atom. The number of rotatable bonds is 4. The summed E-state index contributed by atoms with van der Waals surface area (Å²) in [5.74, 6) is 0. The summed E-state index contributed by atoms with van der Waals surface area (Å²) in [5.41, 5.74) is 1.54. The van der Waals surface area contributed by atoms with Crippen LogP contribution in [0.25, 0.3) is 0 Å². The molecule has 0 amide bonds. The minimum Gasteiger partial charge on any atom is -0.310 e. The van der Waals surface area contributed by atoms with Crippen LogP contribution in [0.5, 0.6) is 0 Å². The predicted molar refractivity (Wildman–Crippen MR) is 78.1 cm³/mol. The Kier molecular flexibility index (Phi) is 4.76. The number of aromatic nitrogens is 1. The van der Waals surface area contributed by atoms with Gasteiger partial charge >= 0.3 is 0 Å². The zero-order valence-corrected chi connectivity index (χ0v) is 12.6. The van der Waals surface area contributed by atoms with Crippen LogP contribution >= 0.6 is 11.3 Å². The van der Waals surface area contributed by atoms with Crippen molar-refractivity contribution < 1.29 is 0 Å². The summed E-state index contributed by atoms with van der Waals surface area (Å²) < 4.78 is 0.